The first-order valence-electron chi connectivity index (χ1n) is 7.17. The third-order valence-electron chi connectivity index (χ3n) is 4.03. The van der Waals surface area contributed by atoms with E-state index >= 15 is 0 Å². The molecule has 1 aromatic rings. The Hall–Kier alpha value is -1.82. The first-order valence-corrected chi connectivity index (χ1v) is 7.96. The summed E-state index contributed by atoms with van der Waals surface area (Å²) in [7, 11) is 1.36. The van der Waals surface area contributed by atoms with E-state index in [9.17, 15) is 9.59 Å². The average molecular weight is 365 g/mol. The average Bonchev–Trinajstić information content (AvgIpc) is 3.30. The van der Waals surface area contributed by atoms with Crippen LogP contribution in [-0.2, 0) is 9.53 Å². The molecule has 1 aliphatic heterocycles. The number of halogens is 1. The molecular formula is C16H17BrN2O3. The lowest BCUT2D eigenvalue weighted by atomic mass is 9.95. The molecule has 2 aliphatic rings. The van der Waals surface area contributed by atoms with Gasteiger partial charge >= 0.3 is 12.0 Å². The summed E-state index contributed by atoms with van der Waals surface area (Å²) in [5.74, 6) is -0.409. The Balaban J connectivity index is 2.08. The molecule has 22 heavy (non-hydrogen) atoms. The van der Waals surface area contributed by atoms with E-state index in [1.165, 1.54) is 7.11 Å². The van der Waals surface area contributed by atoms with Crippen LogP contribution in [0.3, 0.4) is 0 Å². The molecule has 1 fully saturated rings. The Morgan fingerprint density at radius 3 is 2.73 bits per heavy atom. The van der Waals surface area contributed by atoms with Crippen LogP contribution >= 0.6 is 15.9 Å². The van der Waals surface area contributed by atoms with Crippen molar-refractivity contribution in [1.29, 1.82) is 0 Å². The van der Waals surface area contributed by atoms with Crippen molar-refractivity contribution in [3.05, 3.63) is 45.6 Å². The summed E-state index contributed by atoms with van der Waals surface area (Å²) in [6.45, 7) is 1.81. The lowest BCUT2D eigenvalue weighted by molar-refractivity contribution is -0.136. The highest BCUT2D eigenvalue weighted by Crippen LogP contribution is 2.38. The van der Waals surface area contributed by atoms with Crippen LogP contribution in [0.25, 0.3) is 0 Å². The topological polar surface area (TPSA) is 58.6 Å². The second-order valence-electron chi connectivity index (χ2n) is 5.53. The summed E-state index contributed by atoms with van der Waals surface area (Å²) >= 11 is 3.42. The third kappa shape index (κ3) is 2.63. The number of ether oxygens (including phenoxy) is 1. The largest absolute Gasteiger partial charge is 0.466 e. The quantitative estimate of drug-likeness (QED) is 0.838. The Morgan fingerprint density at radius 1 is 1.41 bits per heavy atom. The molecule has 2 amide bonds. The van der Waals surface area contributed by atoms with Crippen LogP contribution in [0, 0.1) is 0 Å². The summed E-state index contributed by atoms with van der Waals surface area (Å²) in [5, 5.41) is 2.93. The fourth-order valence-corrected chi connectivity index (χ4v) is 3.26. The fraction of sp³-hybridized carbons (Fsp3) is 0.375. The predicted molar refractivity (Wildman–Crippen MR) is 85.0 cm³/mol. The van der Waals surface area contributed by atoms with Crippen molar-refractivity contribution in [2.24, 2.45) is 0 Å². The zero-order valence-electron chi connectivity index (χ0n) is 12.4. The maximum Gasteiger partial charge on any atom is 0.337 e. The molecule has 0 radical (unpaired) electrons. The summed E-state index contributed by atoms with van der Waals surface area (Å²) in [4.78, 5) is 26.4. The number of carbonyl (C=O) groups excluding carboxylic acids is 2. The maximum atomic E-state index is 12.4. The van der Waals surface area contributed by atoms with Gasteiger partial charge in [0.1, 0.15) is 0 Å². The summed E-state index contributed by atoms with van der Waals surface area (Å²) in [6, 6.07) is 7.11. The number of hydrogen-bond acceptors (Lipinski definition) is 3. The van der Waals surface area contributed by atoms with Gasteiger partial charge in [0.05, 0.1) is 18.7 Å². The number of nitrogens with one attached hydrogen (secondary N) is 1. The van der Waals surface area contributed by atoms with Crippen molar-refractivity contribution in [3.63, 3.8) is 0 Å². The Bertz CT molecular complexity index is 667. The van der Waals surface area contributed by atoms with Gasteiger partial charge in [0.15, 0.2) is 0 Å². The monoisotopic (exact) mass is 364 g/mol. The molecule has 1 N–H and O–H groups in total. The highest BCUT2D eigenvalue weighted by atomic mass is 79.9. The van der Waals surface area contributed by atoms with Gasteiger partial charge in [-0.05, 0) is 37.5 Å². The van der Waals surface area contributed by atoms with Crippen LogP contribution in [0.2, 0.25) is 0 Å². The molecule has 1 aliphatic carbocycles. The van der Waals surface area contributed by atoms with E-state index in [0.717, 1.165) is 22.9 Å². The normalized spacial score (nSPS) is 21.7. The molecule has 3 rings (SSSR count). The van der Waals surface area contributed by atoms with Gasteiger partial charge in [-0.15, -0.1) is 0 Å². The van der Waals surface area contributed by atoms with Crippen molar-refractivity contribution in [2.45, 2.75) is 31.8 Å². The van der Waals surface area contributed by atoms with Crippen LogP contribution in [0.1, 0.15) is 31.4 Å². The van der Waals surface area contributed by atoms with Crippen LogP contribution < -0.4 is 5.32 Å². The number of allylic oxidation sites excluding steroid dienone is 1. The summed E-state index contributed by atoms with van der Waals surface area (Å²) in [5.41, 5.74) is 2.02. The minimum Gasteiger partial charge on any atom is -0.466 e. The number of rotatable bonds is 3. The van der Waals surface area contributed by atoms with Gasteiger partial charge in [0.2, 0.25) is 0 Å². The van der Waals surface area contributed by atoms with Gasteiger partial charge in [-0.1, -0.05) is 28.1 Å². The molecular weight excluding hydrogens is 348 g/mol. The van der Waals surface area contributed by atoms with E-state index in [0.29, 0.717) is 11.3 Å². The molecule has 0 spiro atoms. The zero-order valence-corrected chi connectivity index (χ0v) is 14.0. The molecule has 0 bridgehead atoms. The molecule has 1 unspecified atom stereocenters. The molecule has 1 atom stereocenters. The Morgan fingerprint density at radius 2 is 2.14 bits per heavy atom. The van der Waals surface area contributed by atoms with E-state index in [1.807, 2.05) is 31.2 Å². The van der Waals surface area contributed by atoms with Crippen LogP contribution in [-0.4, -0.2) is 30.1 Å². The van der Waals surface area contributed by atoms with Crippen LogP contribution in [0.4, 0.5) is 4.79 Å². The minimum absolute atomic E-state index is 0.155. The molecule has 116 valence electrons. The highest BCUT2D eigenvalue weighted by molar-refractivity contribution is 9.10. The van der Waals surface area contributed by atoms with Gasteiger partial charge in [-0.2, -0.15) is 0 Å². The second-order valence-corrected chi connectivity index (χ2v) is 6.45. The van der Waals surface area contributed by atoms with Gasteiger partial charge in [-0.25, -0.2) is 9.59 Å². The van der Waals surface area contributed by atoms with E-state index in [2.05, 4.69) is 21.2 Å². The zero-order chi connectivity index (χ0) is 15.9. The Labute approximate surface area is 137 Å². The van der Waals surface area contributed by atoms with E-state index in [4.69, 9.17) is 4.74 Å². The molecule has 0 saturated heterocycles. The fourth-order valence-electron chi connectivity index (χ4n) is 2.84. The Kier molecular flexibility index (Phi) is 3.95. The number of amides is 2. The third-order valence-corrected chi connectivity index (χ3v) is 4.52. The van der Waals surface area contributed by atoms with E-state index < -0.39 is 12.0 Å². The summed E-state index contributed by atoms with van der Waals surface area (Å²) < 4.78 is 5.83. The van der Waals surface area contributed by atoms with Gasteiger partial charge < -0.3 is 10.1 Å². The van der Waals surface area contributed by atoms with Crippen molar-refractivity contribution in [3.8, 4) is 0 Å². The molecule has 1 aromatic carbocycles. The smallest absolute Gasteiger partial charge is 0.337 e. The first-order chi connectivity index (χ1) is 10.5. The number of benzene rings is 1. The van der Waals surface area contributed by atoms with E-state index in [-0.39, 0.29) is 12.1 Å². The maximum absolute atomic E-state index is 12.4. The lowest BCUT2D eigenvalue weighted by Crippen LogP contribution is -2.48. The van der Waals surface area contributed by atoms with Crippen molar-refractivity contribution in [2.75, 3.05) is 7.11 Å². The highest BCUT2D eigenvalue weighted by Gasteiger charge is 2.42. The van der Waals surface area contributed by atoms with Gasteiger partial charge in [0.25, 0.3) is 0 Å². The van der Waals surface area contributed by atoms with Crippen molar-refractivity contribution in [1.82, 2.24) is 10.2 Å². The summed E-state index contributed by atoms with van der Waals surface area (Å²) in [6.07, 6.45) is 1.95. The molecule has 1 heterocycles. The van der Waals surface area contributed by atoms with E-state index in [1.54, 1.807) is 4.90 Å². The van der Waals surface area contributed by atoms with Gasteiger partial charge in [-0.3, -0.25) is 4.90 Å². The second kappa shape index (κ2) is 5.76. The number of urea groups is 1. The van der Waals surface area contributed by atoms with Crippen LogP contribution in [0.15, 0.2) is 40.0 Å². The first kappa shape index (κ1) is 15.1. The van der Waals surface area contributed by atoms with Crippen molar-refractivity contribution >= 4 is 27.9 Å². The van der Waals surface area contributed by atoms with Crippen LogP contribution in [0.5, 0.6) is 0 Å². The van der Waals surface area contributed by atoms with Gasteiger partial charge in [0, 0.05) is 16.2 Å². The molecule has 6 heteroatoms. The molecule has 5 nitrogen and oxygen atoms in total. The number of methoxy groups -OCH3 is 1. The lowest BCUT2D eigenvalue weighted by Gasteiger charge is -2.35. The predicted octanol–water partition coefficient (Wildman–Crippen LogP) is 3.12. The molecule has 1 saturated carbocycles. The SMILES string of the molecule is COC(=O)C1=C(C)N(C2CC2)C(=O)NC1c1cccc(Br)c1. The number of esters is 1. The number of hydrogen-bond donors (Lipinski definition) is 1. The number of nitrogens with zero attached hydrogens (tertiary/aromatic N) is 1. The minimum atomic E-state index is -0.493. The standard InChI is InChI=1S/C16H17BrN2O3/c1-9-13(15(20)22-2)14(10-4-3-5-11(17)8-10)18-16(21)19(9)12-6-7-12/h3-5,8,12,14H,6-7H2,1-2H3,(H,18,21). The number of carbonyl (C=O) groups is 2. The molecule has 0 aromatic heterocycles. The van der Waals surface area contributed by atoms with Crippen molar-refractivity contribution < 1.29 is 14.3 Å².